The van der Waals surface area contributed by atoms with Crippen LogP contribution in [0.2, 0.25) is 0 Å². The fourth-order valence-corrected chi connectivity index (χ4v) is 1.99. The number of carbonyl (C=O) groups is 1. The van der Waals surface area contributed by atoms with Gasteiger partial charge in [-0.15, -0.1) is 0 Å². The number of esters is 1. The van der Waals surface area contributed by atoms with Crippen LogP contribution in [0.5, 0.6) is 11.5 Å². The summed E-state index contributed by atoms with van der Waals surface area (Å²) in [7, 11) is 0. The fraction of sp³-hybridized carbons (Fsp3) is 0.316. The molecule has 0 saturated carbocycles. The van der Waals surface area contributed by atoms with Crippen molar-refractivity contribution in [2.24, 2.45) is 0 Å². The van der Waals surface area contributed by atoms with Gasteiger partial charge in [-0.2, -0.15) is 0 Å². The molecule has 0 unspecified atom stereocenters. The van der Waals surface area contributed by atoms with Crippen molar-refractivity contribution >= 4 is 5.97 Å². The molecular weight excluding hydrogens is 276 g/mol. The first-order valence-electron chi connectivity index (χ1n) is 7.62. The van der Waals surface area contributed by atoms with Gasteiger partial charge in [0.15, 0.2) is 0 Å². The van der Waals surface area contributed by atoms with Crippen LogP contribution < -0.4 is 9.47 Å². The third-order valence-electron chi connectivity index (χ3n) is 3.53. The van der Waals surface area contributed by atoms with E-state index in [2.05, 4.69) is 6.92 Å². The van der Waals surface area contributed by atoms with E-state index in [0.717, 1.165) is 18.4 Å². The van der Waals surface area contributed by atoms with E-state index in [9.17, 15) is 4.79 Å². The molecule has 0 aliphatic heterocycles. The summed E-state index contributed by atoms with van der Waals surface area (Å²) in [5.74, 6) is 0.887. The molecule has 0 fully saturated rings. The van der Waals surface area contributed by atoms with Crippen molar-refractivity contribution in [1.82, 2.24) is 0 Å². The predicted molar refractivity (Wildman–Crippen MR) is 87.7 cm³/mol. The number of hydrogen-bond donors (Lipinski definition) is 0. The third kappa shape index (κ3) is 4.35. The Morgan fingerprint density at radius 3 is 2.55 bits per heavy atom. The second kappa shape index (κ2) is 7.64. The van der Waals surface area contributed by atoms with Gasteiger partial charge in [-0.3, -0.25) is 0 Å². The summed E-state index contributed by atoms with van der Waals surface area (Å²) in [5.41, 5.74) is 2.76. The zero-order chi connectivity index (χ0) is 15.9. The Morgan fingerprint density at radius 1 is 1.00 bits per heavy atom. The second-order valence-electron chi connectivity index (χ2n) is 5.37. The van der Waals surface area contributed by atoms with E-state index in [-0.39, 0.29) is 5.97 Å². The first-order chi connectivity index (χ1) is 10.6. The molecule has 0 aliphatic rings. The van der Waals surface area contributed by atoms with Gasteiger partial charge in [-0.05, 0) is 61.7 Å². The number of carbonyl (C=O) groups excluding carboxylic acids is 1. The smallest absolute Gasteiger partial charge is 0.343 e. The van der Waals surface area contributed by atoms with Gasteiger partial charge >= 0.3 is 5.97 Å². The van der Waals surface area contributed by atoms with Crippen LogP contribution in [-0.4, -0.2) is 12.6 Å². The minimum Gasteiger partial charge on any atom is -0.494 e. The maximum Gasteiger partial charge on any atom is 0.343 e. The molecule has 0 spiro atoms. The van der Waals surface area contributed by atoms with Gasteiger partial charge in [0.25, 0.3) is 0 Å². The number of unbranched alkanes of at least 4 members (excludes halogenated alkanes) is 1. The molecule has 0 aromatic heterocycles. The van der Waals surface area contributed by atoms with Crippen molar-refractivity contribution in [2.45, 2.75) is 33.6 Å². The molecular formula is C19H22O3. The van der Waals surface area contributed by atoms with Crippen LogP contribution in [0.3, 0.4) is 0 Å². The SMILES string of the molecule is CCCCOc1cccc(C(=O)Oc2ccc(C)c(C)c2)c1. The van der Waals surface area contributed by atoms with Crippen LogP contribution in [-0.2, 0) is 0 Å². The van der Waals surface area contributed by atoms with Crippen LogP contribution in [0.1, 0.15) is 41.3 Å². The number of hydrogen-bond acceptors (Lipinski definition) is 3. The lowest BCUT2D eigenvalue weighted by atomic mass is 10.1. The summed E-state index contributed by atoms with van der Waals surface area (Å²) in [6.07, 6.45) is 2.08. The van der Waals surface area contributed by atoms with Crippen molar-refractivity contribution in [3.63, 3.8) is 0 Å². The van der Waals surface area contributed by atoms with Gasteiger partial charge < -0.3 is 9.47 Å². The molecule has 22 heavy (non-hydrogen) atoms. The topological polar surface area (TPSA) is 35.5 Å². The molecule has 3 nitrogen and oxygen atoms in total. The van der Waals surface area contributed by atoms with Crippen molar-refractivity contribution in [3.05, 3.63) is 59.2 Å². The maximum atomic E-state index is 12.2. The fourth-order valence-electron chi connectivity index (χ4n) is 1.99. The summed E-state index contributed by atoms with van der Waals surface area (Å²) in [5, 5.41) is 0. The van der Waals surface area contributed by atoms with Gasteiger partial charge in [0.1, 0.15) is 11.5 Å². The lowest BCUT2D eigenvalue weighted by Crippen LogP contribution is -2.09. The lowest BCUT2D eigenvalue weighted by molar-refractivity contribution is 0.0734. The van der Waals surface area contributed by atoms with Crippen LogP contribution in [0.15, 0.2) is 42.5 Å². The molecule has 116 valence electrons. The number of aryl methyl sites for hydroxylation is 2. The second-order valence-corrected chi connectivity index (χ2v) is 5.37. The Bertz CT molecular complexity index is 647. The Hall–Kier alpha value is -2.29. The molecule has 0 saturated heterocycles. The van der Waals surface area contributed by atoms with E-state index in [1.54, 1.807) is 18.2 Å². The molecule has 2 aromatic carbocycles. The zero-order valence-corrected chi connectivity index (χ0v) is 13.4. The molecule has 3 heteroatoms. The molecule has 0 aliphatic carbocycles. The van der Waals surface area contributed by atoms with Crippen LogP contribution in [0.4, 0.5) is 0 Å². The quantitative estimate of drug-likeness (QED) is 0.440. The van der Waals surface area contributed by atoms with E-state index in [1.165, 1.54) is 5.56 Å². The highest BCUT2D eigenvalue weighted by molar-refractivity contribution is 5.91. The average Bonchev–Trinajstić information content (AvgIpc) is 2.51. The van der Waals surface area contributed by atoms with Gasteiger partial charge in [0.05, 0.1) is 12.2 Å². The van der Waals surface area contributed by atoms with E-state index < -0.39 is 0 Å². The van der Waals surface area contributed by atoms with Crippen LogP contribution in [0.25, 0.3) is 0 Å². The summed E-state index contributed by atoms with van der Waals surface area (Å²) >= 11 is 0. The maximum absolute atomic E-state index is 12.2. The third-order valence-corrected chi connectivity index (χ3v) is 3.53. The van der Waals surface area contributed by atoms with Gasteiger partial charge in [0.2, 0.25) is 0 Å². The zero-order valence-electron chi connectivity index (χ0n) is 13.4. The Morgan fingerprint density at radius 2 is 1.82 bits per heavy atom. The molecule has 0 amide bonds. The van der Waals surface area contributed by atoms with E-state index in [4.69, 9.17) is 9.47 Å². The van der Waals surface area contributed by atoms with E-state index in [1.807, 2.05) is 38.1 Å². The summed E-state index contributed by atoms with van der Waals surface area (Å²) < 4.78 is 11.0. The lowest BCUT2D eigenvalue weighted by Gasteiger charge is -2.09. The molecule has 0 N–H and O–H groups in total. The van der Waals surface area contributed by atoms with E-state index >= 15 is 0 Å². The Labute approximate surface area is 131 Å². The van der Waals surface area contributed by atoms with Crippen LogP contribution >= 0.6 is 0 Å². The largest absolute Gasteiger partial charge is 0.494 e. The monoisotopic (exact) mass is 298 g/mol. The Kier molecular flexibility index (Phi) is 5.59. The molecule has 0 atom stereocenters. The number of ether oxygens (including phenoxy) is 2. The summed E-state index contributed by atoms with van der Waals surface area (Å²) in [6, 6.07) is 12.7. The van der Waals surface area contributed by atoms with Gasteiger partial charge in [-0.25, -0.2) is 4.79 Å². The standard InChI is InChI=1S/C19H22O3/c1-4-5-11-21-17-8-6-7-16(13-17)19(20)22-18-10-9-14(2)15(3)12-18/h6-10,12-13H,4-5,11H2,1-3H3. The predicted octanol–water partition coefficient (Wildman–Crippen LogP) is 4.70. The molecule has 0 bridgehead atoms. The van der Waals surface area contributed by atoms with Crippen molar-refractivity contribution < 1.29 is 14.3 Å². The van der Waals surface area contributed by atoms with Gasteiger partial charge in [0, 0.05) is 0 Å². The Balaban J connectivity index is 2.05. The molecule has 0 radical (unpaired) electrons. The van der Waals surface area contributed by atoms with Crippen molar-refractivity contribution in [3.8, 4) is 11.5 Å². The highest BCUT2D eigenvalue weighted by Crippen LogP contribution is 2.19. The normalized spacial score (nSPS) is 10.3. The van der Waals surface area contributed by atoms with Crippen molar-refractivity contribution in [2.75, 3.05) is 6.61 Å². The van der Waals surface area contributed by atoms with Crippen LogP contribution in [0, 0.1) is 13.8 Å². The average molecular weight is 298 g/mol. The molecule has 2 rings (SSSR count). The number of rotatable bonds is 6. The summed E-state index contributed by atoms with van der Waals surface area (Å²) in [4.78, 5) is 12.2. The highest BCUT2D eigenvalue weighted by Gasteiger charge is 2.10. The van der Waals surface area contributed by atoms with Crippen molar-refractivity contribution in [1.29, 1.82) is 0 Å². The molecule has 0 heterocycles. The van der Waals surface area contributed by atoms with E-state index in [0.29, 0.717) is 23.7 Å². The minimum absolute atomic E-state index is 0.371. The summed E-state index contributed by atoms with van der Waals surface area (Å²) in [6.45, 7) is 6.79. The highest BCUT2D eigenvalue weighted by atomic mass is 16.5. The first kappa shape index (κ1) is 16.1. The van der Waals surface area contributed by atoms with Gasteiger partial charge in [-0.1, -0.05) is 25.5 Å². The minimum atomic E-state index is -0.371. The first-order valence-corrected chi connectivity index (χ1v) is 7.62. The molecule has 2 aromatic rings. The number of benzene rings is 2.